The van der Waals surface area contributed by atoms with Crippen molar-refractivity contribution in [1.29, 1.82) is 0 Å². The van der Waals surface area contributed by atoms with Crippen molar-refractivity contribution in [1.82, 2.24) is 5.32 Å². The summed E-state index contributed by atoms with van der Waals surface area (Å²) in [5, 5.41) is 11.9. The van der Waals surface area contributed by atoms with Gasteiger partial charge >= 0.3 is 0 Å². The van der Waals surface area contributed by atoms with Gasteiger partial charge in [-0.1, -0.05) is 29.9 Å². The average Bonchev–Trinajstić information content (AvgIpc) is 2.45. The molecule has 1 aliphatic carbocycles. The summed E-state index contributed by atoms with van der Waals surface area (Å²) >= 11 is 1.84. The lowest BCUT2D eigenvalue weighted by atomic mass is 9.84. The van der Waals surface area contributed by atoms with Gasteiger partial charge in [0.25, 0.3) is 5.91 Å². The molecule has 2 rings (SSSR count). The van der Waals surface area contributed by atoms with Crippen molar-refractivity contribution in [3.8, 4) is 11.8 Å². The first-order chi connectivity index (χ1) is 10.1. The van der Waals surface area contributed by atoms with Crippen LogP contribution in [0, 0.1) is 18.8 Å². The van der Waals surface area contributed by atoms with Crippen molar-refractivity contribution < 1.29 is 9.90 Å². The van der Waals surface area contributed by atoms with E-state index in [0.717, 1.165) is 5.56 Å². The molecule has 1 aliphatic rings. The van der Waals surface area contributed by atoms with Gasteiger partial charge in [0.05, 0.1) is 5.56 Å². The van der Waals surface area contributed by atoms with E-state index in [-0.39, 0.29) is 17.3 Å². The number of aryl methyl sites for hydroxylation is 1. The molecule has 0 saturated heterocycles. The van der Waals surface area contributed by atoms with Gasteiger partial charge in [-0.2, -0.15) is 11.8 Å². The fourth-order valence-corrected chi connectivity index (χ4v) is 3.36. The number of hydrogen-bond donors (Lipinski definition) is 2. The third-order valence-electron chi connectivity index (χ3n) is 3.99. The first-order valence-corrected chi connectivity index (χ1v) is 8.36. The van der Waals surface area contributed by atoms with E-state index < -0.39 is 0 Å². The highest BCUT2D eigenvalue weighted by Crippen LogP contribution is 2.42. The van der Waals surface area contributed by atoms with Crippen LogP contribution >= 0.6 is 11.8 Å². The zero-order valence-corrected chi connectivity index (χ0v) is 13.3. The van der Waals surface area contributed by atoms with Crippen molar-refractivity contribution in [2.24, 2.45) is 0 Å². The minimum atomic E-state index is -0.204. The van der Waals surface area contributed by atoms with Crippen LogP contribution in [0.15, 0.2) is 18.2 Å². The van der Waals surface area contributed by atoms with Crippen molar-refractivity contribution in [3.05, 3.63) is 34.9 Å². The number of carbonyl (C=O) groups is 1. The Bertz CT molecular complexity index is 577. The molecule has 1 amide bonds. The third kappa shape index (κ3) is 3.81. The largest absolute Gasteiger partial charge is 0.384 e. The molecule has 1 aromatic carbocycles. The van der Waals surface area contributed by atoms with Gasteiger partial charge in [-0.15, -0.1) is 0 Å². The van der Waals surface area contributed by atoms with Gasteiger partial charge < -0.3 is 10.4 Å². The summed E-state index contributed by atoms with van der Waals surface area (Å²) in [4.78, 5) is 12.4. The van der Waals surface area contributed by atoms with E-state index in [0.29, 0.717) is 17.7 Å². The van der Waals surface area contributed by atoms with Gasteiger partial charge in [-0.05, 0) is 38.2 Å². The quantitative estimate of drug-likeness (QED) is 0.840. The van der Waals surface area contributed by atoms with Gasteiger partial charge in [0, 0.05) is 16.9 Å². The molecule has 1 aromatic rings. The third-order valence-corrected chi connectivity index (χ3v) is 5.41. The summed E-state index contributed by atoms with van der Waals surface area (Å²) in [6.07, 6.45) is 5.68. The second-order valence-electron chi connectivity index (χ2n) is 5.43. The van der Waals surface area contributed by atoms with E-state index in [9.17, 15) is 4.79 Å². The molecule has 1 saturated carbocycles. The first-order valence-electron chi connectivity index (χ1n) is 7.14. The molecule has 0 spiro atoms. The van der Waals surface area contributed by atoms with E-state index in [1.807, 2.05) is 36.9 Å². The van der Waals surface area contributed by atoms with Crippen molar-refractivity contribution in [2.45, 2.75) is 30.9 Å². The lowest BCUT2D eigenvalue weighted by molar-refractivity contribution is 0.0943. The number of carbonyl (C=O) groups excluding carboxylic acids is 1. The molecule has 1 fully saturated rings. The molecule has 0 aliphatic heterocycles. The maximum absolute atomic E-state index is 12.4. The van der Waals surface area contributed by atoms with E-state index in [2.05, 4.69) is 23.4 Å². The van der Waals surface area contributed by atoms with Crippen LogP contribution < -0.4 is 5.32 Å². The SMILES string of the molecule is CSC1(CNC(=O)c2cc(C)ccc2C#CCO)CCC1. The van der Waals surface area contributed by atoms with Crippen LogP contribution in [0.4, 0.5) is 0 Å². The average molecular weight is 303 g/mol. The van der Waals surface area contributed by atoms with Gasteiger partial charge in [0.15, 0.2) is 0 Å². The fourth-order valence-electron chi connectivity index (χ4n) is 2.45. The van der Waals surface area contributed by atoms with E-state index in [1.165, 1.54) is 19.3 Å². The smallest absolute Gasteiger partial charge is 0.252 e. The molecule has 2 N–H and O–H groups in total. The maximum Gasteiger partial charge on any atom is 0.252 e. The molecule has 0 radical (unpaired) electrons. The number of thioether (sulfide) groups is 1. The molecule has 0 heterocycles. The lowest BCUT2D eigenvalue weighted by Crippen LogP contribution is -2.45. The predicted molar refractivity (Wildman–Crippen MR) is 87.6 cm³/mol. The number of aliphatic hydroxyl groups is 1. The molecular formula is C17H21NO2S. The van der Waals surface area contributed by atoms with Crippen LogP contribution in [0.25, 0.3) is 0 Å². The van der Waals surface area contributed by atoms with E-state index >= 15 is 0 Å². The molecule has 3 nitrogen and oxygen atoms in total. The minimum absolute atomic E-state index is 0.0822. The van der Waals surface area contributed by atoms with Crippen LogP contribution in [0.1, 0.15) is 40.7 Å². The molecule has 0 atom stereocenters. The van der Waals surface area contributed by atoms with Crippen LogP contribution in [0.5, 0.6) is 0 Å². The lowest BCUT2D eigenvalue weighted by Gasteiger charge is -2.40. The minimum Gasteiger partial charge on any atom is -0.384 e. The molecule has 112 valence electrons. The Morgan fingerprint density at radius 1 is 1.48 bits per heavy atom. The van der Waals surface area contributed by atoms with E-state index in [1.54, 1.807) is 0 Å². The molecular weight excluding hydrogens is 282 g/mol. The van der Waals surface area contributed by atoms with Gasteiger partial charge in [-0.25, -0.2) is 0 Å². The fraction of sp³-hybridized carbons (Fsp3) is 0.471. The number of nitrogens with one attached hydrogen (secondary N) is 1. The molecule has 0 unspecified atom stereocenters. The number of hydrogen-bond acceptors (Lipinski definition) is 3. The summed E-state index contributed by atoms with van der Waals surface area (Å²) in [5.41, 5.74) is 2.28. The monoisotopic (exact) mass is 303 g/mol. The van der Waals surface area contributed by atoms with Gasteiger partial charge in [-0.3, -0.25) is 4.79 Å². The Morgan fingerprint density at radius 3 is 2.81 bits per heavy atom. The number of amides is 1. The summed E-state index contributed by atoms with van der Waals surface area (Å²) in [6, 6.07) is 5.61. The van der Waals surface area contributed by atoms with Crippen molar-refractivity contribution >= 4 is 17.7 Å². The van der Waals surface area contributed by atoms with Gasteiger partial charge in [0.1, 0.15) is 6.61 Å². The Balaban J connectivity index is 2.12. The predicted octanol–water partition coefficient (Wildman–Crippen LogP) is 2.35. The molecule has 21 heavy (non-hydrogen) atoms. The number of rotatable bonds is 4. The zero-order chi connectivity index (χ0) is 15.3. The van der Waals surface area contributed by atoms with Crippen molar-refractivity contribution in [2.75, 3.05) is 19.4 Å². The molecule has 4 heteroatoms. The topological polar surface area (TPSA) is 49.3 Å². The first kappa shape index (κ1) is 15.9. The van der Waals surface area contributed by atoms with Crippen LogP contribution in [-0.2, 0) is 0 Å². The Hall–Kier alpha value is -1.44. The highest BCUT2D eigenvalue weighted by molar-refractivity contribution is 8.00. The Morgan fingerprint density at radius 2 is 2.24 bits per heavy atom. The van der Waals surface area contributed by atoms with E-state index in [4.69, 9.17) is 5.11 Å². The Labute approximate surface area is 130 Å². The highest BCUT2D eigenvalue weighted by atomic mass is 32.2. The van der Waals surface area contributed by atoms with Gasteiger partial charge in [0.2, 0.25) is 0 Å². The normalized spacial score (nSPS) is 15.6. The second-order valence-corrected chi connectivity index (χ2v) is 6.71. The second kappa shape index (κ2) is 7.02. The van der Waals surface area contributed by atoms with Crippen LogP contribution in [0.2, 0.25) is 0 Å². The van der Waals surface area contributed by atoms with Crippen LogP contribution in [-0.4, -0.2) is 35.2 Å². The van der Waals surface area contributed by atoms with Crippen molar-refractivity contribution in [3.63, 3.8) is 0 Å². The summed E-state index contributed by atoms with van der Waals surface area (Å²) in [6.45, 7) is 2.45. The Kier molecular flexibility index (Phi) is 5.33. The maximum atomic E-state index is 12.4. The summed E-state index contributed by atoms with van der Waals surface area (Å²) < 4.78 is 0.219. The number of benzene rings is 1. The van der Waals surface area contributed by atoms with Crippen LogP contribution in [0.3, 0.4) is 0 Å². The summed E-state index contributed by atoms with van der Waals surface area (Å²) in [7, 11) is 0. The summed E-state index contributed by atoms with van der Waals surface area (Å²) in [5.74, 6) is 5.37. The standard InChI is InChI=1S/C17H21NO2S/c1-13-6-7-14(5-3-10-19)15(11-13)16(20)18-12-17(21-2)8-4-9-17/h6-7,11,19H,4,8-10,12H2,1-2H3,(H,18,20). The molecule has 0 bridgehead atoms. The number of aliphatic hydroxyl groups excluding tert-OH is 1. The zero-order valence-electron chi connectivity index (χ0n) is 12.5. The highest BCUT2D eigenvalue weighted by Gasteiger charge is 2.36. The molecule has 0 aromatic heterocycles.